The number of carboxylic acid groups (broad SMARTS) is 1. The van der Waals surface area contributed by atoms with E-state index in [0.717, 1.165) is 12.1 Å². The molecule has 2 aliphatic carbocycles. The molecule has 0 spiro atoms. The Morgan fingerprint density at radius 2 is 1.38 bits per heavy atom. The van der Waals surface area contributed by atoms with Crippen molar-refractivity contribution in [1.82, 2.24) is 4.90 Å². The van der Waals surface area contributed by atoms with E-state index in [1.54, 1.807) is 14.1 Å². The molecule has 0 aromatic heterocycles. The number of nitrogens with two attached hydrogens (primary N) is 2. The summed E-state index contributed by atoms with van der Waals surface area (Å²) >= 11 is 9.32. The summed E-state index contributed by atoms with van der Waals surface area (Å²) in [4.78, 5) is 11.9. The van der Waals surface area contributed by atoms with Crippen molar-refractivity contribution in [3.63, 3.8) is 0 Å². The van der Waals surface area contributed by atoms with Crippen LogP contribution < -0.4 is 16.2 Å². The van der Waals surface area contributed by atoms with Gasteiger partial charge in [-0.1, -0.05) is 37.3 Å². The Hall–Kier alpha value is -0.830. The lowest BCUT2D eigenvalue weighted by atomic mass is 9.91. The zero-order valence-corrected chi connectivity index (χ0v) is 17.7. The van der Waals surface area contributed by atoms with Gasteiger partial charge in [0.05, 0.1) is 33.9 Å². The Morgan fingerprint density at radius 1 is 1.00 bits per heavy atom. The van der Waals surface area contributed by atoms with Gasteiger partial charge < -0.3 is 31.3 Å². The van der Waals surface area contributed by atoms with Crippen LogP contribution in [0.1, 0.15) is 64.2 Å². The fraction of sp³-hybridized carbons (Fsp3) is 0.833. The van der Waals surface area contributed by atoms with E-state index in [1.807, 2.05) is 0 Å². The number of aliphatic carboxylic acids is 1. The van der Waals surface area contributed by atoms with E-state index in [0.29, 0.717) is 0 Å². The molecule has 8 heteroatoms. The maximum atomic E-state index is 10.5. The van der Waals surface area contributed by atoms with Crippen LogP contribution in [0, 0.1) is 5.92 Å². The first-order chi connectivity index (χ1) is 11.8. The first-order valence-electron chi connectivity index (χ1n) is 9.39. The number of hydrogen-bond acceptors (Lipinski definition) is 4. The van der Waals surface area contributed by atoms with Crippen molar-refractivity contribution in [1.29, 1.82) is 0 Å². The van der Waals surface area contributed by atoms with Crippen LogP contribution in [0.25, 0.3) is 0 Å². The second-order valence-corrected chi connectivity index (χ2v) is 8.27. The number of hydrogen-bond donors (Lipinski definition) is 2. The second kappa shape index (κ2) is 13.4. The van der Waals surface area contributed by atoms with Crippen molar-refractivity contribution in [2.75, 3.05) is 14.1 Å². The van der Waals surface area contributed by atoms with Crippen molar-refractivity contribution in [3.8, 4) is 0 Å². The highest BCUT2D eigenvalue weighted by Gasteiger charge is 2.23. The van der Waals surface area contributed by atoms with Crippen LogP contribution >= 0.6 is 24.4 Å². The van der Waals surface area contributed by atoms with E-state index in [9.17, 15) is 9.90 Å². The molecule has 0 radical (unpaired) electrons. The molecule has 2 rings (SSSR count). The maximum absolute atomic E-state index is 10.5. The molecule has 0 bridgehead atoms. The third kappa shape index (κ3) is 9.21. The molecule has 0 heterocycles. The van der Waals surface area contributed by atoms with Gasteiger partial charge in [0.25, 0.3) is 0 Å². The molecular weight excluding hydrogens is 370 g/mol. The molecule has 2 aliphatic rings. The molecule has 152 valence electrons. The Balaban J connectivity index is 0.000000466. The first-order valence-corrected chi connectivity index (χ1v) is 10.2. The van der Waals surface area contributed by atoms with Gasteiger partial charge >= 0.3 is 0 Å². The predicted molar refractivity (Wildman–Crippen MR) is 111 cm³/mol. The maximum Gasteiger partial charge on any atom is 0.0991 e. The normalized spacial score (nSPS) is 19.3. The second-order valence-electron chi connectivity index (χ2n) is 7.38. The fourth-order valence-electron chi connectivity index (χ4n) is 3.64. The molecule has 2 fully saturated rings. The Labute approximate surface area is 168 Å². The largest absolute Gasteiger partial charge is 0.549 e. The molecular formula is C18H35N3O3S2. The van der Waals surface area contributed by atoms with E-state index in [2.05, 4.69) is 17.5 Å². The fourth-order valence-corrected chi connectivity index (χ4v) is 4.14. The molecule has 0 aromatic carbocycles. The Kier molecular flexibility index (Phi) is 12.9. The lowest BCUT2D eigenvalue weighted by Crippen LogP contribution is -2.95. The number of rotatable bonds is 5. The van der Waals surface area contributed by atoms with E-state index in [4.69, 9.17) is 18.0 Å². The van der Waals surface area contributed by atoms with Crippen LogP contribution in [0.5, 0.6) is 0 Å². The van der Waals surface area contributed by atoms with E-state index >= 15 is 0 Å². The van der Waals surface area contributed by atoms with E-state index in [1.165, 1.54) is 69.1 Å². The molecule has 6 N–H and O–H groups in total. The number of carboxylic acids is 1. The zero-order valence-electron chi connectivity index (χ0n) is 16.0. The van der Waals surface area contributed by atoms with E-state index < -0.39 is 11.9 Å². The van der Waals surface area contributed by atoms with Crippen LogP contribution in [-0.4, -0.2) is 52.5 Å². The van der Waals surface area contributed by atoms with Gasteiger partial charge in [0, 0.05) is 14.1 Å². The summed E-state index contributed by atoms with van der Waals surface area (Å²) in [5.41, 5.74) is 5.17. The lowest BCUT2D eigenvalue weighted by Gasteiger charge is -2.27. The third-order valence-corrected chi connectivity index (χ3v) is 5.89. The summed E-state index contributed by atoms with van der Waals surface area (Å²) in [7, 11) is 3.24. The third-order valence-electron chi connectivity index (χ3n) is 5.05. The summed E-state index contributed by atoms with van der Waals surface area (Å²) in [6, 6.07) is 1.99. The monoisotopic (exact) mass is 405 g/mol. The van der Waals surface area contributed by atoms with Crippen LogP contribution in [0.3, 0.4) is 0 Å². The number of carbonyl (C=O) groups excluding carboxylic acids is 1. The Morgan fingerprint density at radius 3 is 1.62 bits per heavy atom. The van der Waals surface area contributed by atoms with Crippen LogP contribution in [0.15, 0.2) is 0 Å². The summed E-state index contributed by atoms with van der Waals surface area (Å²) in [5, 5.41) is 13.2. The van der Waals surface area contributed by atoms with Crippen molar-refractivity contribution < 1.29 is 20.7 Å². The summed E-state index contributed by atoms with van der Waals surface area (Å²) in [6.07, 6.45) is 15.0. The molecule has 0 saturated heterocycles. The molecule has 0 aromatic rings. The number of quaternary nitrogens is 1. The van der Waals surface area contributed by atoms with Gasteiger partial charge in [-0.05, 0) is 51.4 Å². The van der Waals surface area contributed by atoms with Gasteiger partial charge in [-0.15, -0.1) is 0 Å². The van der Waals surface area contributed by atoms with Crippen molar-refractivity contribution >= 4 is 40.4 Å². The standard InChI is InChI=1S/C12H23N.C6H10N2O2S2.H2O/c1-3-7-11(8-4-1)13-12-9-5-2-6-10-12;1-8(2)5(12)3(4(7)11)6(9)10;/h11-13H,1-10H2;3H,1-2H3,(H2,7,11)(H,9,10);1H2. The summed E-state index contributed by atoms with van der Waals surface area (Å²) in [5.74, 6) is -2.51. The number of carbonyl (C=O) groups is 1. The average molecular weight is 406 g/mol. The zero-order chi connectivity index (χ0) is 18.8. The molecule has 1 unspecified atom stereocenters. The minimum atomic E-state index is -1.36. The average Bonchev–Trinajstić information content (AvgIpc) is 2.56. The molecule has 6 nitrogen and oxygen atoms in total. The van der Waals surface area contributed by atoms with Crippen molar-refractivity contribution in [2.24, 2.45) is 11.7 Å². The van der Waals surface area contributed by atoms with Crippen LogP contribution in [0.2, 0.25) is 0 Å². The van der Waals surface area contributed by atoms with Gasteiger partial charge in [-0.25, -0.2) is 0 Å². The van der Waals surface area contributed by atoms with E-state index in [-0.39, 0.29) is 15.5 Å². The topological polar surface area (TPSA) is 118 Å². The van der Waals surface area contributed by atoms with Crippen molar-refractivity contribution in [3.05, 3.63) is 0 Å². The highest BCUT2D eigenvalue weighted by atomic mass is 32.1. The first kappa shape index (κ1) is 25.2. The van der Waals surface area contributed by atoms with Gasteiger partial charge in [0.2, 0.25) is 0 Å². The van der Waals surface area contributed by atoms with Crippen LogP contribution in [-0.2, 0) is 4.79 Å². The summed E-state index contributed by atoms with van der Waals surface area (Å²) < 4.78 is 0. The SMILES string of the molecule is C1CCC([NH2+]C2CCCCC2)CC1.CN(C)C(=S)C(C(=O)[O-])C(N)=S.O. The number of thiocarbonyl (C=S) groups is 2. The number of nitrogens with zero attached hydrogens (tertiary/aromatic N) is 1. The lowest BCUT2D eigenvalue weighted by molar-refractivity contribution is -0.725. The summed E-state index contributed by atoms with van der Waals surface area (Å²) in [6.45, 7) is 0. The van der Waals surface area contributed by atoms with Gasteiger partial charge in [0.1, 0.15) is 0 Å². The highest BCUT2D eigenvalue weighted by molar-refractivity contribution is 7.82. The molecule has 26 heavy (non-hydrogen) atoms. The molecule has 1 atom stereocenters. The smallest absolute Gasteiger partial charge is 0.0991 e. The minimum Gasteiger partial charge on any atom is -0.549 e. The quantitative estimate of drug-likeness (QED) is 0.618. The molecule has 2 saturated carbocycles. The molecule has 0 aliphatic heterocycles. The van der Waals surface area contributed by atoms with Crippen molar-refractivity contribution in [2.45, 2.75) is 76.3 Å². The van der Waals surface area contributed by atoms with Crippen LogP contribution in [0.4, 0.5) is 0 Å². The minimum absolute atomic E-state index is 0. The highest BCUT2D eigenvalue weighted by Crippen LogP contribution is 2.18. The predicted octanol–water partition coefficient (Wildman–Crippen LogP) is -0.0819. The van der Waals surface area contributed by atoms with Gasteiger partial charge in [-0.2, -0.15) is 0 Å². The van der Waals surface area contributed by atoms with Gasteiger partial charge in [0.15, 0.2) is 0 Å². The molecule has 0 amide bonds. The van der Waals surface area contributed by atoms with Gasteiger partial charge in [-0.3, -0.25) is 0 Å². The Bertz CT molecular complexity index is 419.